The lowest BCUT2D eigenvalue weighted by Crippen LogP contribution is -1.98. The molecule has 0 aliphatic carbocycles. The van der Waals surface area contributed by atoms with E-state index < -0.39 is 0 Å². The molecule has 1 aliphatic heterocycles. The van der Waals surface area contributed by atoms with Gasteiger partial charge in [-0.3, -0.25) is 0 Å². The molecule has 0 aromatic carbocycles. The topological polar surface area (TPSA) is 26.3 Å². The van der Waals surface area contributed by atoms with Crippen LogP contribution in [0.3, 0.4) is 0 Å². The Kier molecular flexibility index (Phi) is 14.8. The highest BCUT2D eigenvalue weighted by Crippen LogP contribution is 1.97. The van der Waals surface area contributed by atoms with Gasteiger partial charge in [-0.15, -0.1) is 0 Å². The molecule has 0 saturated heterocycles. The summed E-state index contributed by atoms with van der Waals surface area (Å²) in [5.41, 5.74) is 0. The number of ether oxygens (including phenoxy) is 1. The molecular weight excluding hydrogens is 152 g/mol. The maximum absolute atomic E-state index is 10.4. The number of cyclic esters (lactones) is 1. The lowest BCUT2D eigenvalue weighted by Gasteiger charge is -1.93. The van der Waals surface area contributed by atoms with Gasteiger partial charge >= 0.3 is 5.97 Å². The van der Waals surface area contributed by atoms with Crippen molar-refractivity contribution in [3.05, 3.63) is 12.2 Å². The number of hydrogen-bond acceptors (Lipinski definition) is 2. The number of hydrogen-bond donors (Lipinski definition) is 0. The van der Waals surface area contributed by atoms with Crippen LogP contribution in [-0.2, 0) is 9.53 Å². The van der Waals surface area contributed by atoms with Crippen LogP contribution in [0.15, 0.2) is 12.2 Å². The summed E-state index contributed by atoms with van der Waals surface area (Å²) in [6.07, 6.45) is 5.25. The van der Waals surface area contributed by atoms with Crippen molar-refractivity contribution in [3.8, 4) is 0 Å². The summed E-state index contributed by atoms with van der Waals surface area (Å²) in [6, 6.07) is 0. The van der Waals surface area contributed by atoms with Crippen LogP contribution >= 0.6 is 0 Å². The minimum absolute atomic E-state index is 0.206. The van der Waals surface area contributed by atoms with Gasteiger partial charge in [0.05, 0.1) is 6.61 Å². The Hall–Kier alpha value is -0.790. The predicted octanol–water partition coefficient (Wildman–Crippen LogP) is 2.93. The highest BCUT2D eigenvalue weighted by Gasteiger charge is 1.98. The van der Waals surface area contributed by atoms with Crippen LogP contribution < -0.4 is 0 Å². The van der Waals surface area contributed by atoms with Crippen molar-refractivity contribution in [2.24, 2.45) is 0 Å². The zero-order valence-corrected chi connectivity index (χ0v) is 8.59. The molecule has 0 bridgehead atoms. The minimum Gasteiger partial charge on any atom is -0.463 e. The van der Waals surface area contributed by atoms with Crippen LogP contribution in [-0.4, -0.2) is 12.6 Å². The smallest absolute Gasteiger partial charge is 0.330 e. The van der Waals surface area contributed by atoms with Crippen LogP contribution in [0.1, 0.15) is 40.5 Å². The molecule has 0 atom stereocenters. The number of allylic oxidation sites excluding steroid dienone is 1. The summed E-state index contributed by atoms with van der Waals surface area (Å²) >= 11 is 0. The monoisotopic (exact) mass is 172 g/mol. The first-order valence-electron chi connectivity index (χ1n) is 4.73. The van der Waals surface area contributed by atoms with Gasteiger partial charge in [0, 0.05) is 6.08 Å². The fourth-order valence-corrected chi connectivity index (χ4v) is 0.602. The van der Waals surface area contributed by atoms with Crippen LogP contribution in [0.2, 0.25) is 0 Å². The maximum Gasteiger partial charge on any atom is 0.330 e. The molecule has 0 fully saturated rings. The van der Waals surface area contributed by atoms with E-state index in [4.69, 9.17) is 0 Å². The van der Waals surface area contributed by atoms with E-state index in [0.717, 1.165) is 12.8 Å². The highest BCUT2D eigenvalue weighted by molar-refractivity contribution is 5.82. The van der Waals surface area contributed by atoms with Gasteiger partial charge in [-0.05, 0) is 12.8 Å². The lowest BCUT2D eigenvalue weighted by atomic mass is 10.3. The summed E-state index contributed by atoms with van der Waals surface area (Å²) in [5.74, 6) is -0.206. The first-order valence-corrected chi connectivity index (χ1v) is 4.73. The van der Waals surface area contributed by atoms with Crippen molar-refractivity contribution >= 4 is 5.97 Å². The van der Waals surface area contributed by atoms with Crippen molar-refractivity contribution in [2.75, 3.05) is 6.61 Å². The average molecular weight is 172 g/mol. The van der Waals surface area contributed by atoms with Crippen LogP contribution in [0.25, 0.3) is 0 Å². The van der Waals surface area contributed by atoms with Gasteiger partial charge in [-0.25, -0.2) is 4.79 Å². The second-order valence-corrected chi connectivity index (χ2v) is 1.71. The summed E-state index contributed by atoms with van der Waals surface area (Å²) in [6.45, 7) is 8.58. The largest absolute Gasteiger partial charge is 0.463 e. The SMILES string of the molecule is CC.CC.O=C1C=CCCCO1. The fourth-order valence-electron chi connectivity index (χ4n) is 0.602. The Morgan fingerprint density at radius 1 is 1.25 bits per heavy atom. The minimum atomic E-state index is -0.206. The summed E-state index contributed by atoms with van der Waals surface area (Å²) in [4.78, 5) is 10.4. The van der Waals surface area contributed by atoms with E-state index in [-0.39, 0.29) is 5.97 Å². The normalized spacial score (nSPS) is 14.2. The molecule has 2 heteroatoms. The summed E-state index contributed by atoms with van der Waals surface area (Å²) < 4.78 is 4.68. The van der Waals surface area contributed by atoms with Gasteiger partial charge in [0.1, 0.15) is 0 Å². The zero-order chi connectivity index (χ0) is 9.82. The summed E-state index contributed by atoms with van der Waals surface area (Å²) in [7, 11) is 0. The standard InChI is InChI=1S/C6H8O2.2C2H6/c7-6-4-2-1-3-5-8-6;2*1-2/h2,4H,1,3,5H2;2*1-2H3. The molecule has 0 aromatic rings. The van der Waals surface area contributed by atoms with Gasteiger partial charge in [0.2, 0.25) is 0 Å². The molecule has 0 aromatic heterocycles. The molecule has 0 unspecified atom stereocenters. The van der Waals surface area contributed by atoms with E-state index in [2.05, 4.69) is 4.74 Å². The molecular formula is C10H20O2. The molecule has 0 N–H and O–H groups in total. The van der Waals surface area contributed by atoms with Crippen LogP contribution in [0, 0.1) is 0 Å². The van der Waals surface area contributed by atoms with E-state index in [9.17, 15) is 4.79 Å². The summed E-state index contributed by atoms with van der Waals surface area (Å²) in [5, 5.41) is 0. The quantitative estimate of drug-likeness (QED) is 0.525. The van der Waals surface area contributed by atoms with E-state index in [1.807, 2.05) is 33.8 Å². The van der Waals surface area contributed by atoms with E-state index in [0.29, 0.717) is 6.61 Å². The fraction of sp³-hybridized carbons (Fsp3) is 0.700. The molecule has 1 aliphatic rings. The molecule has 0 saturated carbocycles. The Labute approximate surface area is 75.6 Å². The van der Waals surface area contributed by atoms with Crippen molar-refractivity contribution in [1.82, 2.24) is 0 Å². The molecule has 12 heavy (non-hydrogen) atoms. The van der Waals surface area contributed by atoms with Crippen molar-refractivity contribution < 1.29 is 9.53 Å². The third-order valence-electron chi connectivity index (χ3n) is 1.01. The number of esters is 1. The van der Waals surface area contributed by atoms with E-state index >= 15 is 0 Å². The molecule has 72 valence electrons. The Morgan fingerprint density at radius 2 is 1.83 bits per heavy atom. The van der Waals surface area contributed by atoms with E-state index in [1.165, 1.54) is 6.08 Å². The third-order valence-corrected chi connectivity index (χ3v) is 1.01. The molecule has 0 radical (unpaired) electrons. The van der Waals surface area contributed by atoms with Gasteiger partial charge < -0.3 is 4.74 Å². The highest BCUT2D eigenvalue weighted by atomic mass is 16.5. The first kappa shape index (κ1) is 13.8. The average Bonchev–Trinajstić information content (AvgIpc) is 2.40. The molecule has 1 heterocycles. The van der Waals surface area contributed by atoms with E-state index in [1.54, 1.807) is 0 Å². The molecule has 0 spiro atoms. The Balaban J connectivity index is 0. The van der Waals surface area contributed by atoms with Gasteiger partial charge in [0.25, 0.3) is 0 Å². The van der Waals surface area contributed by atoms with Crippen molar-refractivity contribution in [3.63, 3.8) is 0 Å². The Morgan fingerprint density at radius 3 is 2.42 bits per heavy atom. The molecule has 2 nitrogen and oxygen atoms in total. The van der Waals surface area contributed by atoms with Gasteiger partial charge in [-0.2, -0.15) is 0 Å². The maximum atomic E-state index is 10.4. The molecule has 0 amide bonds. The molecule has 1 rings (SSSR count). The number of rotatable bonds is 0. The Bertz CT molecular complexity index is 117. The third kappa shape index (κ3) is 9.21. The number of carbonyl (C=O) groups is 1. The van der Waals surface area contributed by atoms with Crippen LogP contribution in [0.4, 0.5) is 0 Å². The second-order valence-electron chi connectivity index (χ2n) is 1.71. The zero-order valence-electron chi connectivity index (χ0n) is 8.59. The predicted molar refractivity (Wildman–Crippen MR) is 52.0 cm³/mol. The van der Waals surface area contributed by atoms with Gasteiger partial charge in [-0.1, -0.05) is 33.8 Å². The van der Waals surface area contributed by atoms with Gasteiger partial charge in [0.15, 0.2) is 0 Å². The van der Waals surface area contributed by atoms with Crippen LogP contribution in [0.5, 0.6) is 0 Å². The number of carbonyl (C=O) groups excluding carboxylic acids is 1. The van der Waals surface area contributed by atoms with Crippen molar-refractivity contribution in [2.45, 2.75) is 40.5 Å². The van der Waals surface area contributed by atoms with Crippen molar-refractivity contribution in [1.29, 1.82) is 0 Å². The lowest BCUT2D eigenvalue weighted by molar-refractivity contribution is -0.137. The first-order chi connectivity index (χ1) is 5.89. The second kappa shape index (κ2) is 12.8.